The molecule has 0 spiro atoms. The summed E-state index contributed by atoms with van der Waals surface area (Å²) in [5.74, 6) is -1.00. The van der Waals surface area contributed by atoms with E-state index in [9.17, 15) is 13.2 Å². The highest BCUT2D eigenvalue weighted by molar-refractivity contribution is 8.07. The minimum atomic E-state index is -3.74. The number of ether oxygens (including phenoxy) is 1. The third kappa shape index (κ3) is 3.85. The fourth-order valence-electron chi connectivity index (χ4n) is 1.11. The summed E-state index contributed by atoms with van der Waals surface area (Å²) >= 11 is 0. The van der Waals surface area contributed by atoms with Crippen LogP contribution in [0.2, 0.25) is 0 Å². The Hall–Kier alpha value is -1.89. The molecule has 0 fully saturated rings. The number of rotatable bonds is 2. The molecule has 0 aliphatic heterocycles. The standard InChI is InChI=1S/C11H14N2O4S/c1-8-4-6-9(7-5-8)12-13-10(11(14)17-2)18(3,15)16/h4-7,12H,1-3H3/b13-10-. The highest BCUT2D eigenvalue weighted by atomic mass is 32.2. The van der Waals surface area contributed by atoms with E-state index in [0.29, 0.717) is 5.69 Å². The Labute approximate surface area is 106 Å². The molecule has 0 bridgehead atoms. The molecular formula is C11H14N2O4S. The van der Waals surface area contributed by atoms with Crippen molar-refractivity contribution in [2.24, 2.45) is 5.10 Å². The topological polar surface area (TPSA) is 84.8 Å². The Morgan fingerprint density at radius 3 is 2.28 bits per heavy atom. The number of carbonyl (C=O) groups is 1. The van der Waals surface area contributed by atoms with Crippen molar-refractivity contribution in [3.63, 3.8) is 0 Å². The second-order valence-corrected chi connectivity index (χ2v) is 5.59. The van der Waals surface area contributed by atoms with Crippen LogP contribution in [0.4, 0.5) is 5.69 Å². The molecule has 0 amide bonds. The average Bonchev–Trinajstić information content (AvgIpc) is 2.29. The highest BCUT2D eigenvalue weighted by Gasteiger charge is 2.23. The van der Waals surface area contributed by atoms with Gasteiger partial charge in [-0.1, -0.05) is 17.7 Å². The minimum absolute atomic E-state index is 0.575. The number of benzene rings is 1. The average molecular weight is 270 g/mol. The number of hydrogen-bond donors (Lipinski definition) is 1. The van der Waals surface area contributed by atoms with E-state index in [1.165, 1.54) is 0 Å². The Balaban J connectivity index is 2.98. The first-order valence-corrected chi connectivity index (χ1v) is 6.92. The first-order valence-electron chi connectivity index (χ1n) is 5.03. The third-order valence-electron chi connectivity index (χ3n) is 2.05. The number of esters is 1. The minimum Gasteiger partial charge on any atom is -0.464 e. The number of sulfone groups is 1. The molecule has 0 atom stereocenters. The normalized spacial score (nSPS) is 12.1. The predicted molar refractivity (Wildman–Crippen MR) is 69.1 cm³/mol. The summed E-state index contributed by atoms with van der Waals surface area (Å²) in [6.07, 6.45) is 0.888. The first kappa shape index (κ1) is 14.2. The Morgan fingerprint density at radius 2 is 1.83 bits per heavy atom. The molecule has 0 aromatic heterocycles. The highest BCUT2D eigenvalue weighted by Crippen LogP contribution is 2.08. The molecule has 98 valence electrons. The largest absolute Gasteiger partial charge is 0.464 e. The number of hydrogen-bond acceptors (Lipinski definition) is 6. The fraction of sp³-hybridized carbons (Fsp3) is 0.273. The van der Waals surface area contributed by atoms with E-state index in [4.69, 9.17) is 0 Å². The Bertz CT molecular complexity index is 561. The third-order valence-corrected chi connectivity index (χ3v) is 3.01. The van der Waals surface area contributed by atoms with Crippen molar-refractivity contribution >= 4 is 26.5 Å². The Morgan fingerprint density at radius 1 is 1.28 bits per heavy atom. The molecule has 7 heteroatoms. The zero-order valence-corrected chi connectivity index (χ0v) is 11.1. The monoisotopic (exact) mass is 270 g/mol. The van der Waals surface area contributed by atoms with E-state index in [1.54, 1.807) is 12.1 Å². The summed E-state index contributed by atoms with van der Waals surface area (Å²) in [4.78, 5) is 11.3. The molecule has 1 N–H and O–H groups in total. The lowest BCUT2D eigenvalue weighted by molar-refractivity contribution is -0.132. The van der Waals surface area contributed by atoms with Crippen molar-refractivity contribution < 1.29 is 17.9 Å². The van der Waals surface area contributed by atoms with Crippen LogP contribution < -0.4 is 5.43 Å². The number of nitrogens with zero attached hydrogens (tertiary/aromatic N) is 1. The number of anilines is 1. The first-order chi connectivity index (χ1) is 8.34. The maximum absolute atomic E-state index is 11.3. The van der Waals surface area contributed by atoms with E-state index in [2.05, 4.69) is 15.3 Å². The molecule has 0 saturated carbocycles. The lowest BCUT2D eigenvalue weighted by Crippen LogP contribution is -2.25. The van der Waals surface area contributed by atoms with Gasteiger partial charge in [-0.15, -0.1) is 0 Å². The van der Waals surface area contributed by atoms with Crippen LogP contribution in [0.25, 0.3) is 0 Å². The van der Waals surface area contributed by atoms with E-state index < -0.39 is 20.9 Å². The van der Waals surface area contributed by atoms with Gasteiger partial charge in [-0.25, -0.2) is 13.2 Å². The van der Waals surface area contributed by atoms with Gasteiger partial charge < -0.3 is 4.74 Å². The predicted octanol–water partition coefficient (Wildman–Crippen LogP) is 0.938. The van der Waals surface area contributed by atoms with Gasteiger partial charge in [0.2, 0.25) is 9.84 Å². The molecule has 0 saturated heterocycles. The van der Waals surface area contributed by atoms with Gasteiger partial charge in [0.1, 0.15) is 0 Å². The molecule has 0 heterocycles. The van der Waals surface area contributed by atoms with Gasteiger partial charge in [0.25, 0.3) is 5.04 Å². The maximum Gasteiger partial charge on any atom is 0.370 e. The van der Waals surface area contributed by atoms with Gasteiger partial charge in [-0.05, 0) is 19.1 Å². The summed E-state index contributed by atoms with van der Waals surface area (Å²) in [6.45, 7) is 1.92. The van der Waals surface area contributed by atoms with E-state index in [-0.39, 0.29) is 0 Å². The van der Waals surface area contributed by atoms with Gasteiger partial charge in [0.15, 0.2) is 0 Å². The molecular weight excluding hydrogens is 256 g/mol. The molecule has 0 aliphatic rings. The molecule has 0 aliphatic carbocycles. The van der Waals surface area contributed by atoms with Gasteiger partial charge in [-0.3, -0.25) is 5.43 Å². The molecule has 0 radical (unpaired) electrons. The van der Waals surface area contributed by atoms with Crippen LogP contribution in [-0.4, -0.2) is 32.8 Å². The van der Waals surface area contributed by atoms with Crippen molar-refractivity contribution in [3.05, 3.63) is 29.8 Å². The molecule has 0 unspecified atom stereocenters. The molecule has 1 aromatic carbocycles. The quantitative estimate of drug-likeness (QED) is 0.374. The Kier molecular flexibility index (Phi) is 4.43. The summed E-state index contributed by atoms with van der Waals surface area (Å²) in [6, 6.07) is 7.10. The van der Waals surface area contributed by atoms with E-state index >= 15 is 0 Å². The lowest BCUT2D eigenvalue weighted by Gasteiger charge is -2.04. The van der Waals surface area contributed by atoms with Crippen LogP contribution in [0.15, 0.2) is 29.4 Å². The smallest absolute Gasteiger partial charge is 0.370 e. The molecule has 6 nitrogen and oxygen atoms in total. The van der Waals surface area contributed by atoms with Crippen molar-refractivity contribution in [3.8, 4) is 0 Å². The number of aryl methyl sites for hydroxylation is 1. The van der Waals surface area contributed by atoms with Gasteiger partial charge in [-0.2, -0.15) is 5.10 Å². The van der Waals surface area contributed by atoms with Crippen LogP contribution in [0, 0.1) is 6.92 Å². The van der Waals surface area contributed by atoms with Gasteiger partial charge in [0, 0.05) is 6.26 Å². The number of carbonyl (C=O) groups excluding carboxylic acids is 1. The maximum atomic E-state index is 11.3. The second-order valence-electron chi connectivity index (χ2n) is 3.66. The summed E-state index contributed by atoms with van der Waals surface area (Å²) < 4.78 is 27.0. The van der Waals surface area contributed by atoms with Crippen LogP contribution in [-0.2, 0) is 19.4 Å². The number of nitrogens with one attached hydrogen (secondary N) is 1. The van der Waals surface area contributed by atoms with Crippen LogP contribution >= 0.6 is 0 Å². The van der Waals surface area contributed by atoms with E-state index in [1.807, 2.05) is 19.1 Å². The zero-order valence-electron chi connectivity index (χ0n) is 10.3. The van der Waals surface area contributed by atoms with Crippen molar-refractivity contribution in [2.75, 3.05) is 18.8 Å². The number of methoxy groups -OCH3 is 1. The lowest BCUT2D eigenvalue weighted by atomic mass is 10.2. The zero-order chi connectivity index (χ0) is 13.8. The number of hydrazone groups is 1. The summed E-state index contributed by atoms with van der Waals surface area (Å²) in [5, 5.41) is 2.91. The van der Waals surface area contributed by atoms with Crippen molar-refractivity contribution in [1.82, 2.24) is 0 Å². The van der Waals surface area contributed by atoms with Gasteiger partial charge >= 0.3 is 5.97 Å². The van der Waals surface area contributed by atoms with Crippen LogP contribution in [0.3, 0.4) is 0 Å². The molecule has 1 aromatic rings. The fourth-order valence-corrected chi connectivity index (χ4v) is 1.71. The summed E-state index contributed by atoms with van der Waals surface area (Å²) in [7, 11) is -2.65. The van der Waals surface area contributed by atoms with Crippen molar-refractivity contribution in [1.29, 1.82) is 0 Å². The second kappa shape index (κ2) is 5.63. The van der Waals surface area contributed by atoms with Gasteiger partial charge in [0.05, 0.1) is 12.8 Å². The van der Waals surface area contributed by atoms with Crippen LogP contribution in [0.1, 0.15) is 5.56 Å². The molecule has 1 rings (SSSR count). The molecule has 18 heavy (non-hydrogen) atoms. The van der Waals surface area contributed by atoms with Crippen molar-refractivity contribution in [2.45, 2.75) is 6.92 Å². The van der Waals surface area contributed by atoms with E-state index in [0.717, 1.165) is 18.9 Å². The SMILES string of the molecule is COC(=O)/C(=N/Nc1ccc(C)cc1)S(C)(=O)=O. The summed E-state index contributed by atoms with van der Waals surface area (Å²) in [5.41, 5.74) is 4.13. The van der Waals surface area contributed by atoms with Crippen LogP contribution in [0.5, 0.6) is 0 Å².